The molecule has 2 N–H and O–H groups in total. The van der Waals surface area contributed by atoms with Crippen LogP contribution in [0.2, 0.25) is 0 Å². The van der Waals surface area contributed by atoms with Gasteiger partial charge in [-0.1, -0.05) is 29.8 Å². The number of nitrogens with two attached hydrogens (primary N) is 1. The van der Waals surface area contributed by atoms with Crippen molar-refractivity contribution in [3.8, 4) is 22.6 Å². The van der Waals surface area contributed by atoms with Gasteiger partial charge in [-0.15, -0.1) is 0 Å². The smallest absolute Gasteiger partial charge is 0.184 e. The quantitative estimate of drug-likeness (QED) is 0.749. The SMILES string of the molecule is Cc1ccc(Oc2cncc(-c3ccc4c(c3)C(CN)=NCC4=O)c2)c(C)c1. The number of aromatic nitrogens is 1. The van der Waals surface area contributed by atoms with Crippen LogP contribution in [0.5, 0.6) is 11.5 Å². The predicted octanol–water partition coefficient (Wildman–Crippen LogP) is 4.10. The van der Waals surface area contributed by atoms with Gasteiger partial charge in [-0.2, -0.15) is 0 Å². The van der Waals surface area contributed by atoms with Gasteiger partial charge >= 0.3 is 0 Å². The Morgan fingerprint density at radius 2 is 1.86 bits per heavy atom. The first-order valence-electron chi connectivity index (χ1n) is 9.16. The number of rotatable bonds is 4. The van der Waals surface area contributed by atoms with E-state index in [9.17, 15) is 4.79 Å². The zero-order valence-electron chi connectivity index (χ0n) is 15.9. The molecule has 2 aromatic carbocycles. The standard InChI is InChI=1S/C23H21N3O2/c1-14-3-6-23(15(2)7-14)28-18-8-17(11-25-12-18)16-4-5-19-20(9-16)21(10-24)26-13-22(19)27/h3-9,11-12H,10,13,24H2,1-2H3. The van der Waals surface area contributed by atoms with E-state index in [2.05, 4.69) is 23.0 Å². The average Bonchev–Trinajstić information content (AvgIpc) is 2.70. The zero-order chi connectivity index (χ0) is 19.7. The van der Waals surface area contributed by atoms with E-state index in [0.29, 0.717) is 17.9 Å². The summed E-state index contributed by atoms with van der Waals surface area (Å²) in [4.78, 5) is 20.7. The molecule has 0 atom stereocenters. The third-order valence-electron chi connectivity index (χ3n) is 4.84. The molecular weight excluding hydrogens is 350 g/mol. The van der Waals surface area contributed by atoms with Crippen LogP contribution in [0.1, 0.15) is 27.0 Å². The molecular formula is C23H21N3O2. The number of ketones is 1. The molecule has 5 heteroatoms. The second-order valence-corrected chi connectivity index (χ2v) is 6.93. The monoisotopic (exact) mass is 371 g/mol. The van der Waals surface area contributed by atoms with Crippen molar-refractivity contribution in [1.29, 1.82) is 0 Å². The van der Waals surface area contributed by atoms with Gasteiger partial charge in [0.15, 0.2) is 5.78 Å². The van der Waals surface area contributed by atoms with Crippen LogP contribution in [0.3, 0.4) is 0 Å². The second-order valence-electron chi connectivity index (χ2n) is 6.93. The molecule has 3 aromatic rings. The number of aliphatic imine (C=N–C) groups is 1. The summed E-state index contributed by atoms with van der Waals surface area (Å²) in [5.74, 6) is 1.48. The number of hydrogen-bond acceptors (Lipinski definition) is 5. The van der Waals surface area contributed by atoms with Crippen LogP contribution in [0.15, 0.2) is 59.9 Å². The molecule has 140 valence electrons. The van der Waals surface area contributed by atoms with E-state index in [1.807, 2.05) is 43.3 Å². The Morgan fingerprint density at radius 1 is 1.00 bits per heavy atom. The highest BCUT2D eigenvalue weighted by molar-refractivity contribution is 6.16. The maximum Gasteiger partial charge on any atom is 0.184 e. The number of carbonyl (C=O) groups excluding carboxylic acids is 1. The van der Waals surface area contributed by atoms with Crippen molar-refractivity contribution < 1.29 is 9.53 Å². The summed E-state index contributed by atoms with van der Waals surface area (Å²) < 4.78 is 6.04. The molecule has 0 aliphatic carbocycles. The van der Waals surface area contributed by atoms with Gasteiger partial charge < -0.3 is 10.5 Å². The number of benzene rings is 2. The van der Waals surface area contributed by atoms with E-state index in [1.165, 1.54) is 5.56 Å². The fourth-order valence-electron chi connectivity index (χ4n) is 3.39. The van der Waals surface area contributed by atoms with Crippen LogP contribution in [-0.2, 0) is 0 Å². The third-order valence-corrected chi connectivity index (χ3v) is 4.84. The largest absolute Gasteiger partial charge is 0.455 e. The summed E-state index contributed by atoms with van der Waals surface area (Å²) in [6.45, 7) is 4.55. The van der Waals surface area contributed by atoms with Gasteiger partial charge in [0.1, 0.15) is 18.0 Å². The minimum absolute atomic E-state index is 0.0174. The minimum Gasteiger partial charge on any atom is -0.455 e. The molecule has 1 aliphatic rings. The van der Waals surface area contributed by atoms with E-state index in [4.69, 9.17) is 10.5 Å². The van der Waals surface area contributed by atoms with Crippen LogP contribution < -0.4 is 10.5 Å². The minimum atomic E-state index is 0.0174. The molecule has 28 heavy (non-hydrogen) atoms. The summed E-state index contributed by atoms with van der Waals surface area (Å²) in [5.41, 5.74) is 12.2. The predicted molar refractivity (Wildman–Crippen MR) is 110 cm³/mol. The highest BCUT2D eigenvalue weighted by atomic mass is 16.5. The Morgan fingerprint density at radius 3 is 2.64 bits per heavy atom. The van der Waals surface area contributed by atoms with Crippen molar-refractivity contribution in [1.82, 2.24) is 4.98 Å². The van der Waals surface area contributed by atoms with E-state index < -0.39 is 0 Å². The molecule has 4 rings (SSSR count). The molecule has 0 saturated carbocycles. The van der Waals surface area contributed by atoms with Crippen LogP contribution in [0.25, 0.3) is 11.1 Å². The van der Waals surface area contributed by atoms with Crippen molar-refractivity contribution in [2.75, 3.05) is 13.1 Å². The molecule has 5 nitrogen and oxygen atoms in total. The Labute approximate surface area is 163 Å². The first-order valence-corrected chi connectivity index (χ1v) is 9.16. The molecule has 0 spiro atoms. The van der Waals surface area contributed by atoms with Gasteiger partial charge in [-0.3, -0.25) is 14.8 Å². The highest BCUT2D eigenvalue weighted by Crippen LogP contribution is 2.30. The highest BCUT2D eigenvalue weighted by Gasteiger charge is 2.20. The fraction of sp³-hybridized carbons (Fsp3) is 0.174. The number of pyridine rings is 1. The van der Waals surface area contributed by atoms with E-state index in [0.717, 1.165) is 33.7 Å². The summed E-state index contributed by atoms with van der Waals surface area (Å²) >= 11 is 0. The number of carbonyl (C=O) groups is 1. The third kappa shape index (κ3) is 3.44. The van der Waals surface area contributed by atoms with Gasteiger partial charge in [-0.05, 0) is 43.2 Å². The number of fused-ring (bicyclic) bond motifs is 1. The van der Waals surface area contributed by atoms with E-state index in [1.54, 1.807) is 12.4 Å². The van der Waals surface area contributed by atoms with Gasteiger partial charge in [0.05, 0.1) is 11.9 Å². The van der Waals surface area contributed by atoms with Gasteiger partial charge in [0.2, 0.25) is 0 Å². The number of Topliss-reactive ketones (excluding diaryl/α,β-unsaturated/α-hetero) is 1. The molecule has 2 heterocycles. The summed E-state index contributed by atoms with van der Waals surface area (Å²) in [7, 11) is 0. The summed E-state index contributed by atoms with van der Waals surface area (Å²) in [5, 5.41) is 0. The number of ether oxygens (including phenoxy) is 1. The van der Waals surface area contributed by atoms with Gasteiger partial charge in [-0.25, -0.2) is 0 Å². The second kappa shape index (κ2) is 7.37. The van der Waals surface area contributed by atoms with E-state index >= 15 is 0 Å². The van der Waals surface area contributed by atoms with Crippen LogP contribution in [0.4, 0.5) is 0 Å². The first kappa shape index (κ1) is 18.1. The topological polar surface area (TPSA) is 77.6 Å². The average molecular weight is 371 g/mol. The van der Waals surface area contributed by atoms with Crippen molar-refractivity contribution in [3.63, 3.8) is 0 Å². The molecule has 0 radical (unpaired) electrons. The zero-order valence-corrected chi connectivity index (χ0v) is 15.9. The lowest BCUT2D eigenvalue weighted by molar-refractivity contribution is 0.1000. The number of nitrogens with zero attached hydrogens (tertiary/aromatic N) is 2. The lowest BCUT2D eigenvalue weighted by Gasteiger charge is -2.16. The lowest BCUT2D eigenvalue weighted by atomic mass is 9.93. The maximum atomic E-state index is 12.1. The number of aryl methyl sites for hydroxylation is 2. The molecule has 0 saturated heterocycles. The molecule has 0 fully saturated rings. The normalized spacial score (nSPS) is 13.1. The summed E-state index contributed by atoms with van der Waals surface area (Å²) in [6.07, 6.45) is 3.47. The van der Waals surface area contributed by atoms with E-state index in [-0.39, 0.29) is 12.3 Å². The van der Waals surface area contributed by atoms with Crippen molar-refractivity contribution in [2.24, 2.45) is 10.7 Å². The lowest BCUT2D eigenvalue weighted by Crippen LogP contribution is -2.24. The van der Waals surface area contributed by atoms with Crippen LogP contribution >= 0.6 is 0 Å². The van der Waals surface area contributed by atoms with Crippen LogP contribution in [0, 0.1) is 13.8 Å². The Bertz CT molecular complexity index is 1100. The molecule has 0 bridgehead atoms. The van der Waals surface area contributed by atoms with Gasteiger partial charge in [0, 0.05) is 29.4 Å². The van der Waals surface area contributed by atoms with Crippen molar-refractivity contribution in [2.45, 2.75) is 13.8 Å². The first-order chi connectivity index (χ1) is 13.5. The van der Waals surface area contributed by atoms with Crippen molar-refractivity contribution in [3.05, 3.63) is 77.1 Å². The Balaban J connectivity index is 1.68. The van der Waals surface area contributed by atoms with Crippen LogP contribution in [-0.4, -0.2) is 29.6 Å². The Kier molecular flexibility index (Phi) is 4.75. The van der Waals surface area contributed by atoms with Gasteiger partial charge in [0.25, 0.3) is 0 Å². The fourth-order valence-corrected chi connectivity index (χ4v) is 3.39. The Hall–Kier alpha value is -3.31. The molecule has 0 unspecified atom stereocenters. The molecule has 0 amide bonds. The maximum absolute atomic E-state index is 12.1. The molecule has 1 aromatic heterocycles. The molecule has 1 aliphatic heterocycles. The summed E-state index contributed by atoms with van der Waals surface area (Å²) in [6, 6.07) is 13.7. The van der Waals surface area contributed by atoms with Crippen molar-refractivity contribution >= 4 is 11.5 Å². The number of hydrogen-bond donors (Lipinski definition) is 1.